The van der Waals surface area contributed by atoms with E-state index in [-0.39, 0.29) is 17.1 Å². The Morgan fingerprint density at radius 2 is 0.380 bits per heavy atom. The van der Waals surface area contributed by atoms with Gasteiger partial charge in [-0.2, -0.15) is 109 Å². The molecule has 0 aliphatic carbocycles. The average molecular weight is 1940 g/mol. The minimum atomic E-state index is -6.09. The molecular formula is C61H45F31FeN8O15S5. The summed E-state index contributed by atoms with van der Waals surface area (Å²) in [6.45, 7) is 0. The molecule has 23 nitrogen and oxygen atoms in total. The summed E-state index contributed by atoms with van der Waals surface area (Å²) in [6.07, 6.45) is 3.33. The maximum Gasteiger partial charge on any atom is 2.00 e. The van der Waals surface area contributed by atoms with Crippen molar-refractivity contribution in [1.29, 1.82) is 0 Å². The molecule has 2 aliphatic heterocycles. The molecule has 7 aromatic rings. The molecule has 121 heavy (non-hydrogen) atoms. The number of nitrogens with zero attached hydrogens (tertiary/aromatic N) is 8. The monoisotopic (exact) mass is 1930 g/mol. The molecule has 0 spiro atoms. The molecule has 2 aliphatic rings. The molecule has 3 aromatic heterocycles. The molecule has 0 atom stereocenters. The van der Waals surface area contributed by atoms with Crippen LogP contribution < -0.4 is 27.9 Å². The van der Waals surface area contributed by atoms with Crippen molar-refractivity contribution in [3.05, 3.63) is 140 Å². The number of aromatic nitrogens is 4. The van der Waals surface area contributed by atoms with Gasteiger partial charge in [0.1, 0.15) is 0 Å². The van der Waals surface area contributed by atoms with Crippen LogP contribution in [0.1, 0.15) is 22.8 Å². The third kappa shape index (κ3) is 23.0. The molecule has 0 fully saturated rings. The Morgan fingerprint density at radius 1 is 0.264 bits per heavy atom. The van der Waals surface area contributed by atoms with Gasteiger partial charge in [-0.15, -0.1) is 22.1 Å². The van der Waals surface area contributed by atoms with Gasteiger partial charge in [0.25, 0.3) is 0 Å². The molecule has 5 heterocycles. The second-order valence-electron chi connectivity index (χ2n) is 26.9. The molecule has 1 N–H and O–H groups in total. The standard InChI is InChI=1S/C56H44F16N8.5CHF3O3S.Fe/c1-77(2,3)53-45(65)37(57)33(38(58)46(53)66)29-21-13-15-23(73-21)30(34-39(59)47(67)54(78(4,5)6)48(68)40(34)60)25-17-19-27(75-25)32(36-43(63)51(71)56(80(10,11)12)52(72)44(36)64)28-20-18-26(76-28)31(24-16-14-22(29)74-24)35-41(61)49(69)55(79(7,8)9)50(70)42(35)62;5*2-1(3,4)8(5,6)7;/h13-20H,1-12H3;5*(H,5,6,7);/q+2;;;;;;+2/p-4. The van der Waals surface area contributed by atoms with Gasteiger partial charge in [-0.05, 0) is 46.6 Å². The zero-order valence-corrected chi connectivity index (χ0v) is 66.2. The Hall–Kier alpha value is -8.78. The Morgan fingerprint density at radius 3 is 0.471 bits per heavy atom. The van der Waals surface area contributed by atoms with E-state index in [1.54, 1.807) is 0 Å². The topological polar surface area (TPSA) is 337 Å². The fraction of sp³-hybridized carbons (Fsp3) is 0.279. The van der Waals surface area contributed by atoms with E-state index >= 15 is 70.2 Å². The molecule has 0 saturated heterocycles. The van der Waals surface area contributed by atoms with Crippen molar-refractivity contribution >= 4 is 120 Å². The van der Waals surface area contributed by atoms with Crippen LogP contribution in [-0.2, 0) is 67.7 Å². The molecule has 0 saturated carbocycles. The third-order valence-corrected chi connectivity index (χ3v) is 17.5. The van der Waals surface area contributed by atoms with Gasteiger partial charge in [-0.3, -0.25) is 22.5 Å². The molecular weight excluding hydrogens is 1890 g/mol. The first-order chi connectivity index (χ1) is 53.2. The van der Waals surface area contributed by atoms with Crippen molar-refractivity contribution in [2.24, 2.45) is 0 Å². The van der Waals surface area contributed by atoms with Gasteiger partial charge in [0.05, 0.1) is 130 Å². The minimum Gasteiger partial charge on any atom is -0.741 e. The number of benzene rings is 4. The van der Waals surface area contributed by atoms with Crippen molar-refractivity contribution < 1.29 is 218 Å². The summed E-state index contributed by atoms with van der Waals surface area (Å²) < 4.78 is 555. The smallest absolute Gasteiger partial charge is 0.741 e. The van der Waals surface area contributed by atoms with E-state index in [0.29, 0.717) is 0 Å². The number of halogens is 31. The minimum absolute atomic E-state index is 0. The van der Waals surface area contributed by atoms with Crippen molar-refractivity contribution in [2.45, 2.75) is 27.5 Å². The van der Waals surface area contributed by atoms with Crippen LogP contribution in [0, 0.1) is 93.1 Å². The summed E-state index contributed by atoms with van der Waals surface area (Å²) in [5.74, 6) is -32.4. The van der Waals surface area contributed by atoms with Crippen LogP contribution in [0.25, 0.3) is 90.9 Å². The Bertz CT molecular complexity index is 5260. The number of alkyl halides is 15. The van der Waals surface area contributed by atoms with Crippen molar-refractivity contribution in [3.63, 3.8) is 0 Å². The van der Waals surface area contributed by atoms with E-state index in [2.05, 4.69) is 19.9 Å². The van der Waals surface area contributed by atoms with Crippen LogP contribution in [0.3, 0.4) is 0 Å². The summed E-state index contributed by atoms with van der Waals surface area (Å²) in [6, 6.07) is 3.33. The number of quaternary nitrogens is 4. The first-order valence-corrected chi connectivity index (χ1v) is 37.2. The fourth-order valence-corrected chi connectivity index (χ4v) is 9.83. The van der Waals surface area contributed by atoms with Crippen LogP contribution in [0.4, 0.5) is 159 Å². The predicted octanol–water partition coefficient (Wildman–Crippen LogP) is 14.2. The summed E-state index contributed by atoms with van der Waals surface area (Å²) in [5, 5.41) is 0. The first kappa shape index (κ1) is 106. The number of rotatable bonds is 8. The Labute approximate surface area is 669 Å². The van der Waals surface area contributed by atoms with E-state index in [9.17, 15) is 65.9 Å². The number of hydrogen-bond donors (Lipinski definition) is 1. The SMILES string of the molecule is C[N+](C)(C)c1c(F)c(F)c(-c2c3nc(c(-c4c(F)c(F)c([N+](C)(C)C)c(F)c4F)c4ccc([n-]4)c(-c4c(F)c(F)c([N+](C)(C)C)c(F)c4F)c4nc(c(-c5c(F)c(F)c([N+](C)(C)C)c(F)c5F)c5ccc2[n-]5)C=C4)C=C3)c(F)c1F.O=S(=O)(O)C(F)(F)F.O=S(=O)([O-])C(F)(F)F.O=S(=O)([O-])C(F)(F)F.O=S(=O)([O-])C(F)(F)F.O=S(=O)([O-])C(F)(F)F.[Fe+2]. The zero-order valence-electron chi connectivity index (χ0n) is 61.0. The molecule has 0 amide bonds. The van der Waals surface area contributed by atoms with E-state index in [4.69, 9.17) is 64.9 Å². The van der Waals surface area contributed by atoms with Crippen molar-refractivity contribution in [2.75, 3.05) is 84.6 Å². The second kappa shape index (κ2) is 35.5. The first-order valence-electron chi connectivity index (χ1n) is 30.1. The summed E-state index contributed by atoms with van der Waals surface area (Å²) in [4.78, 5) is 17.2. The molecule has 0 unspecified atom stereocenters. The average Bonchev–Trinajstić information content (AvgIpc) is 1.50. The number of hydrogen-bond acceptors (Lipinski definition) is 16. The summed E-state index contributed by atoms with van der Waals surface area (Å²) >= 11 is 0. The molecule has 8 bridgehead atoms. The molecule has 674 valence electrons. The second-order valence-corrected chi connectivity index (χ2v) is 33.7. The molecule has 9 rings (SSSR count). The third-order valence-electron chi connectivity index (χ3n) is 14.7. The van der Waals surface area contributed by atoms with Crippen LogP contribution in [0.5, 0.6) is 0 Å². The largest absolute Gasteiger partial charge is 2.00 e. The van der Waals surface area contributed by atoms with Gasteiger partial charge in [0, 0.05) is 0 Å². The maximum absolute atomic E-state index is 16.9. The van der Waals surface area contributed by atoms with E-state index in [0.717, 1.165) is 133 Å². The normalized spacial score (nSPS) is 13.3. The summed E-state index contributed by atoms with van der Waals surface area (Å²) in [7, 11) is -16.2. The molecule has 0 radical (unpaired) electrons. The van der Waals surface area contributed by atoms with Gasteiger partial charge in [-0.1, -0.05) is 24.3 Å². The van der Waals surface area contributed by atoms with E-state index in [1.165, 1.54) is 0 Å². The number of fused-ring (bicyclic) bond motifs is 8. The summed E-state index contributed by atoms with van der Waals surface area (Å²) in [5.41, 5.74) is -49.5. The quantitative estimate of drug-likeness (QED) is 0.0369. The maximum atomic E-state index is 16.9. The van der Waals surface area contributed by atoms with Gasteiger partial charge in [-0.25, -0.2) is 78.8 Å². The molecule has 60 heteroatoms. The Balaban J connectivity index is 0.000000755. The van der Waals surface area contributed by atoms with Gasteiger partial charge in [0.15, 0.2) is 87.0 Å². The fourth-order valence-electron chi connectivity index (χ4n) is 9.83. The van der Waals surface area contributed by atoms with Gasteiger partial charge < -0.3 is 28.2 Å². The van der Waals surface area contributed by atoms with Crippen LogP contribution in [0.15, 0.2) is 24.3 Å². The van der Waals surface area contributed by atoms with Crippen LogP contribution >= 0.6 is 0 Å². The van der Waals surface area contributed by atoms with Gasteiger partial charge >= 0.3 is 54.7 Å². The van der Waals surface area contributed by atoms with Crippen LogP contribution in [0.2, 0.25) is 0 Å². The zero-order chi connectivity index (χ0) is 94.3. The Kier molecular flexibility index (Phi) is 31.2. The van der Waals surface area contributed by atoms with E-state index in [1.807, 2.05) is 0 Å². The van der Waals surface area contributed by atoms with Gasteiger partial charge in [0.2, 0.25) is 69.3 Å². The van der Waals surface area contributed by atoms with Crippen molar-refractivity contribution in [3.8, 4) is 44.5 Å². The van der Waals surface area contributed by atoms with E-state index < -0.39 is 301 Å². The van der Waals surface area contributed by atoms with Crippen LogP contribution in [-0.4, -0.2) is 187 Å². The van der Waals surface area contributed by atoms with Crippen molar-refractivity contribution in [1.82, 2.24) is 37.9 Å². The molecule has 4 aromatic carbocycles. The predicted molar refractivity (Wildman–Crippen MR) is 357 cm³/mol.